The lowest BCUT2D eigenvalue weighted by Crippen LogP contribution is -2.50. The van der Waals surface area contributed by atoms with E-state index < -0.39 is 10.0 Å². The first-order valence-corrected chi connectivity index (χ1v) is 9.08. The van der Waals surface area contributed by atoms with Gasteiger partial charge in [-0.05, 0) is 37.5 Å². The van der Waals surface area contributed by atoms with E-state index in [0.717, 1.165) is 37.4 Å². The molecule has 0 N–H and O–H groups in total. The summed E-state index contributed by atoms with van der Waals surface area (Å²) in [4.78, 5) is 2.46. The first kappa shape index (κ1) is 13.6. The largest absolute Gasteiger partial charge is 0.300 e. The Bertz CT molecular complexity index is 452. The van der Waals surface area contributed by atoms with Crippen molar-refractivity contribution in [2.24, 2.45) is 17.8 Å². The maximum absolute atomic E-state index is 11.8. The zero-order valence-corrected chi connectivity index (χ0v) is 12.5. The summed E-state index contributed by atoms with van der Waals surface area (Å²) in [5, 5.41) is 0. The Balaban J connectivity index is 1.50. The lowest BCUT2D eigenvalue weighted by atomic mass is 9.93. The fourth-order valence-corrected chi connectivity index (χ4v) is 4.89. The van der Waals surface area contributed by atoms with Crippen molar-refractivity contribution in [1.82, 2.24) is 9.21 Å². The highest BCUT2D eigenvalue weighted by atomic mass is 32.2. The normalized spacial score (nSPS) is 36.2. The van der Waals surface area contributed by atoms with Gasteiger partial charge in [-0.2, -0.15) is 4.31 Å². The van der Waals surface area contributed by atoms with Crippen molar-refractivity contribution >= 4 is 10.0 Å². The van der Waals surface area contributed by atoms with Crippen LogP contribution in [-0.4, -0.2) is 56.1 Å². The topological polar surface area (TPSA) is 40.6 Å². The molecule has 3 atom stereocenters. The summed E-state index contributed by atoms with van der Waals surface area (Å²) < 4.78 is 25.3. The van der Waals surface area contributed by atoms with E-state index in [1.807, 2.05) is 0 Å². The maximum Gasteiger partial charge on any atom is 0.213 e. The highest BCUT2D eigenvalue weighted by Gasteiger charge is 2.37. The van der Waals surface area contributed by atoms with E-state index >= 15 is 0 Å². The van der Waals surface area contributed by atoms with Crippen molar-refractivity contribution in [3.63, 3.8) is 0 Å². The van der Waals surface area contributed by atoms with E-state index in [2.05, 4.69) is 17.1 Å². The smallest absolute Gasteiger partial charge is 0.213 e. The van der Waals surface area contributed by atoms with Gasteiger partial charge < -0.3 is 4.90 Å². The second-order valence-electron chi connectivity index (χ2n) is 6.14. The Morgan fingerprint density at radius 3 is 2.37 bits per heavy atom. The molecule has 2 bridgehead atoms. The minimum absolute atomic E-state index is 0.226. The van der Waals surface area contributed by atoms with Gasteiger partial charge >= 0.3 is 0 Å². The molecule has 4 nitrogen and oxygen atoms in total. The fourth-order valence-electron chi connectivity index (χ4n) is 3.81. The lowest BCUT2D eigenvalue weighted by Gasteiger charge is -2.36. The zero-order chi connectivity index (χ0) is 13.5. The molecule has 5 heteroatoms. The van der Waals surface area contributed by atoms with Gasteiger partial charge in [0, 0.05) is 32.7 Å². The molecule has 1 heterocycles. The molecule has 108 valence electrons. The van der Waals surface area contributed by atoms with Crippen LogP contribution >= 0.6 is 0 Å². The van der Waals surface area contributed by atoms with Crippen molar-refractivity contribution in [3.8, 4) is 0 Å². The van der Waals surface area contributed by atoms with Gasteiger partial charge in [0.15, 0.2) is 0 Å². The molecule has 2 fully saturated rings. The molecule has 0 aromatic heterocycles. The number of hydrogen-bond donors (Lipinski definition) is 0. The van der Waals surface area contributed by atoms with Crippen molar-refractivity contribution in [1.29, 1.82) is 0 Å². The van der Waals surface area contributed by atoms with Crippen molar-refractivity contribution in [3.05, 3.63) is 12.2 Å². The van der Waals surface area contributed by atoms with Crippen LogP contribution in [0.25, 0.3) is 0 Å². The number of fused-ring (bicyclic) bond motifs is 2. The van der Waals surface area contributed by atoms with Gasteiger partial charge in [0.25, 0.3) is 0 Å². The molecule has 1 aliphatic heterocycles. The van der Waals surface area contributed by atoms with Gasteiger partial charge in [-0.25, -0.2) is 8.42 Å². The summed E-state index contributed by atoms with van der Waals surface area (Å²) in [5.74, 6) is 2.66. The van der Waals surface area contributed by atoms with Crippen LogP contribution in [0.3, 0.4) is 0 Å². The number of sulfonamides is 1. The third-order valence-electron chi connectivity index (χ3n) is 5.00. The predicted molar refractivity (Wildman–Crippen MR) is 76.3 cm³/mol. The molecule has 1 saturated carbocycles. The van der Waals surface area contributed by atoms with E-state index in [4.69, 9.17) is 0 Å². The van der Waals surface area contributed by atoms with E-state index in [9.17, 15) is 8.42 Å². The molecular weight excluding hydrogens is 260 g/mol. The lowest BCUT2D eigenvalue weighted by molar-refractivity contribution is 0.156. The predicted octanol–water partition coefficient (Wildman–Crippen LogP) is 1.17. The number of nitrogens with zero attached hydrogens (tertiary/aromatic N) is 2. The summed E-state index contributed by atoms with van der Waals surface area (Å²) in [7, 11) is -2.98. The number of hydrogen-bond acceptors (Lipinski definition) is 3. The molecule has 19 heavy (non-hydrogen) atoms. The van der Waals surface area contributed by atoms with Crippen molar-refractivity contribution in [2.45, 2.75) is 19.8 Å². The summed E-state index contributed by atoms with van der Waals surface area (Å²) in [6.45, 7) is 6.03. The van der Waals surface area contributed by atoms with Gasteiger partial charge in [0.05, 0.1) is 5.75 Å². The standard InChI is InChI=1S/C14H24N2O2S/c1-2-19(17,18)16-7-5-15(6-8-16)11-14-10-12-3-4-13(14)9-12/h3-4,12-14H,2,5-11H2,1H3/t12-,13+,14+/m0/s1. The summed E-state index contributed by atoms with van der Waals surface area (Å²) >= 11 is 0. The van der Waals surface area contributed by atoms with E-state index in [-0.39, 0.29) is 5.75 Å². The van der Waals surface area contributed by atoms with Crippen LogP contribution in [0, 0.1) is 17.8 Å². The Morgan fingerprint density at radius 1 is 1.11 bits per heavy atom. The molecule has 1 saturated heterocycles. The third kappa shape index (κ3) is 2.73. The fraction of sp³-hybridized carbons (Fsp3) is 0.857. The average Bonchev–Trinajstić information content (AvgIpc) is 3.02. The summed E-state index contributed by atoms with van der Waals surface area (Å²) in [6, 6.07) is 0. The molecule has 3 aliphatic rings. The summed E-state index contributed by atoms with van der Waals surface area (Å²) in [5.41, 5.74) is 0. The Morgan fingerprint density at radius 2 is 1.84 bits per heavy atom. The van der Waals surface area contributed by atoms with Gasteiger partial charge in [-0.15, -0.1) is 0 Å². The monoisotopic (exact) mass is 284 g/mol. The van der Waals surface area contributed by atoms with Gasteiger partial charge in [-0.3, -0.25) is 0 Å². The molecule has 0 unspecified atom stereocenters. The van der Waals surface area contributed by atoms with Crippen LogP contribution in [0.5, 0.6) is 0 Å². The molecule has 2 aliphatic carbocycles. The van der Waals surface area contributed by atoms with Crippen LogP contribution < -0.4 is 0 Å². The first-order valence-electron chi connectivity index (χ1n) is 7.47. The number of piperazine rings is 1. The van der Waals surface area contributed by atoms with Crippen LogP contribution in [-0.2, 0) is 10.0 Å². The first-order chi connectivity index (χ1) is 9.08. The molecular formula is C14H24N2O2S. The van der Waals surface area contributed by atoms with Gasteiger partial charge in [0.2, 0.25) is 10.0 Å². The molecule has 0 spiro atoms. The molecule has 0 radical (unpaired) electrons. The van der Waals surface area contributed by atoms with E-state index in [1.54, 1.807) is 11.2 Å². The average molecular weight is 284 g/mol. The maximum atomic E-state index is 11.8. The van der Waals surface area contributed by atoms with Crippen LogP contribution in [0.2, 0.25) is 0 Å². The zero-order valence-electron chi connectivity index (χ0n) is 11.7. The third-order valence-corrected chi connectivity index (χ3v) is 6.88. The number of allylic oxidation sites excluding steroid dienone is 2. The highest BCUT2D eigenvalue weighted by molar-refractivity contribution is 7.89. The quantitative estimate of drug-likeness (QED) is 0.728. The highest BCUT2D eigenvalue weighted by Crippen LogP contribution is 2.43. The SMILES string of the molecule is CCS(=O)(=O)N1CCN(C[C@H]2C[C@H]3C=C[C@@H]2C3)CC1. The van der Waals surface area contributed by atoms with Crippen LogP contribution in [0.1, 0.15) is 19.8 Å². The second kappa shape index (κ2) is 5.19. The van der Waals surface area contributed by atoms with Crippen molar-refractivity contribution in [2.75, 3.05) is 38.5 Å². The molecule has 0 aromatic carbocycles. The van der Waals surface area contributed by atoms with Crippen molar-refractivity contribution < 1.29 is 8.42 Å². The molecule has 0 aromatic rings. The van der Waals surface area contributed by atoms with Crippen LogP contribution in [0.4, 0.5) is 0 Å². The Hall–Kier alpha value is -0.390. The second-order valence-corrected chi connectivity index (χ2v) is 8.40. The van der Waals surface area contributed by atoms with E-state index in [1.165, 1.54) is 12.8 Å². The molecule has 3 rings (SSSR count). The van der Waals surface area contributed by atoms with Gasteiger partial charge in [0.1, 0.15) is 0 Å². The van der Waals surface area contributed by atoms with Crippen LogP contribution in [0.15, 0.2) is 12.2 Å². The molecule has 0 amide bonds. The minimum atomic E-state index is -2.98. The Kier molecular flexibility index (Phi) is 3.71. The Labute approximate surface area is 116 Å². The minimum Gasteiger partial charge on any atom is -0.300 e. The summed E-state index contributed by atoms with van der Waals surface area (Å²) in [6.07, 6.45) is 7.48. The number of rotatable bonds is 4. The van der Waals surface area contributed by atoms with Gasteiger partial charge in [-0.1, -0.05) is 12.2 Å². The van der Waals surface area contributed by atoms with E-state index in [0.29, 0.717) is 13.1 Å².